The van der Waals surface area contributed by atoms with Gasteiger partial charge in [0.2, 0.25) is 5.91 Å². The van der Waals surface area contributed by atoms with Crippen LogP contribution in [0.2, 0.25) is 0 Å². The second-order valence-corrected chi connectivity index (χ2v) is 9.65. The number of H-pyrrole nitrogens is 1. The van der Waals surface area contributed by atoms with Crippen LogP contribution in [0.25, 0.3) is 10.9 Å². The molecule has 3 N–H and O–H groups in total. The fraction of sp³-hybridized carbons (Fsp3) is 0.423. The van der Waals surface area contributed by atoms with Crippen LogP contribution in [-0.2, 0) is 9.59 Å². The number of aliphatic carboxylic acids is 1. The minimum atomic E-state index is -0.733. The lowest BCUT2D eigenvalue weighted by Crippen LogP contribution is -2.38. The number of piperidine rings is 2. The van der Waals surface area contributed by atoms with Crippen LogP contribution in [0.15, 0.2) is 35.3 Å². The molecular formula is C26H28N8O4. The number of nitriles is 1. The van der Waals surface area contributed by atoms with Crippen LogP contribution in [0.1, 0.15) is 43.8 Å². The molecule has 1 aromatic carbocycles. The number of carbonyl (C=O) groups is 2. The van der Waals surface area contributed by atoms with E-state index in [9.17, 15) is 19.5 Å². The molecule has 2 fully saturated rings. The lowest BCUT2D eigenvalue weighted by molar-refractivity contribution is -0.142. The van der Waals surface area contributed by atoms with Crippen LogP contribution in [0.4, 0.5) is 17.2 Å². The number of nitrogens with one attached hydrogen (secondary N) is 2. The van der Waals surface area contributed by atoms with Crippen molar-refractivity contribution >= 4 is 40.0 Å². The summed E-state index contributed by atoms with van der Waals surface area (Å²) in [6, 6.07) is 9.64. The second kappa shape index (κ2) is 10.8. The molecule has 0 radical (unpaired) electrons. The van der Waals surface area contributed by atoms with Crippen molar-refractivity contribution in [3.63, 3.8) is 0 Å². The third-order valence-corrected chi connectivity index (χ3v) is 7.32. The SMILES string of the molecule is N#CCC(=O)N1CCC(c2nc(Nc3ccc(N4CCC(C(=O)O)CC4)cc3)c3c(=O)[nH]ncc3n2)CC1. The Balaban J connectivity index is 1.35. The van der Waals surface area contributed by atoms with Gasteiger partial charge in [0, 0.05) is 43.5 Å². The van der Waals surface area contributed by atoms with E-state index in [0.29, 0.717) is 74.4 Å². The minimum absolute atomic E-state index is 0.00137. The number of fused-ring (bicyclic) bond motifs is 1. The molecule has 38 heavy (non-hydrogen) atoms. The van der Waals surface area contributed by atoms with Crippen LogP contribution in [0, 0.1) is 17.2 Å². The first-order valence-electron chi connectivity index (χ1n) is 12.7. The van der Waals surface area contributed by atoms with E-state index in [-0.39, 0.29) is 24.2 Å². The molecule has 0 aliphatic carbocycles. The normalized spacial score (nSPS) is 16.8. The first-order valence-corrected chi connectivity index (χ1v) is 12.7. The summed E-state index contributed by atoms with van der Waals surface area (Å²) in [6.07, 6.45) is 3.93. The molecule has 12 heteroatoms. The van der Waals surface area contributed by atoms with E-state index in [4.69, 9.17) is 10.2 Å². The molecule has 0 spiro atoms. The molecule has 5 rings (SSSR count). The van der Waals surface area contributed by atoms with Crippen LogP contribution in [-0.4, -0.2) is 68.2 Å². The predicted octanol–water partition coefficient (Wildman–Crippen LogP) is 2.38. The number of carboxylic acids is 1. The Bertz CT molecular complexity index is 1430. The van der Waals surface area contributed by atoms with Crippen molar-refractivity contribution in [2.75, 3.05) is 36.4 Å². The van der Waals surface area contributed by atoms with Gasteiger partial charge in [0.1, 0.15) is 29.0 Å². The van der Waals surface area contributed by atoms with E-state index in [0.717, 1.165) is 11.4 Å². The third kappa shape index (κ3) is 5.27. The first kappa shape index (κ1) is 25.1. The van der Waals surface area contributed by atoms with E-state index >= 15 is 0 Å². The first-order chi connectivity index (χ1) is 18.4. The molecule has 2 aliphatic heterocycles. The van der Waals surface area contributed by atoms with Crippen molar-refractivity contribution in [2.24, 2.45) is 5.92 Å². The Morgan fingerprint density at radius 1 is 1.08 bits per heavy atom. The zero-order valence-corrected chi connectivity index (χ0v) is 20.8. The number of hydrogen-bond acceptors (Lipinski definition) is 9. The van der Waals surface area contributed by atoms with Crippen LogP contribution in [0.3, 0.4) is 0 Å². The Morgan fingerprint density at radius 2 is 1.79 bits per heavy atom. The summed E-state index contributed by atoms with van der Waals surface area (Å²) < 4.78 is 0. The van der Waals surface area contributed by atoms with Gasteiger partial charge in [-0.25, -0.2) is 15.1 Å². The summed E-state index contributed by atoms with van der Waals surface area (Å²) >= 11 is 0. The number of likely N-dealkylation sites (tertiary alicyclic amines) is 1. The minimum Gasteiger partial charge on any atom is -0.481 e. The molecule has 2 aliphatic rings. The van der Waals surface area contributed by atoms with Gasteiger partial charge in [0.05, 0.1) is 18.2 Å². The van der Waals surface area contributed by atoms with E-state index in [1.165, 1.54) is 6.20 Å². The number of aromatic nitrogens is 4. The van der Waals surface area contributed by atoms with E-state index in [1.54, 1.807) is 4.90 Å². The molecule has 2 saturated heterocycles. The van der Waals surface area contributed by atoms with Gasteiger partial charge in [-0.05, 0) is 49.9 Å². The number of carboxylic acid groups (broad SMARTS) is 1. The molecule has 3 aromatic rings. The van der Waals surface area contributed by atoms with Gasteiger partial charge in [0.15, 0.2) is 0 Å². The van der Waals surface area contributed by atoms with Crippen LogP contribution >= 0.6 is 0 Å². The zero-order valence-electron chi connectivity index (χ0n) is 20.8. The van der Waals surface area contributed by atoms with E-state index < -0.39 is 11.5 Å². The maximum atomic E-state index is 12.6. The monoisotopic (exact) mass is 516 g/mol. The molecule has 0 unspecified atom stereocenters. The fourth-order valence-corrected chi connectivity index (χ4v) is 5.14. The quantitative estimate of drug-likeness (QED) is 0.442. The molecule has 0 bridgehead atoms. The Labute approximate surface area is 218 Å². The lowest BCUT2D eigenvalue weighted by atomic mass is 9.95. The standard InChI is InChI=1S/C26H28N8O4/c27-10-5-21(35)34-13-6-16(7-14-34)23-30-20-15-28-32-25(36)22(20)24(31-23)29-18-1-3-19(4-2-18)33-11-8-17(9-12-33)26(37)38/h1-4,15-17H,5-9,11-14H2,(H,32,36)(H,37,38)(H,29,30,31). The third-order valence-electron chi connectivity index (χ3n) is 7.32. The number of rotatable bonds is 6. The van der Waals surface area contributed by atoms with Crippen molar-refractivity contribution in [2.45, 2.75) is 38.0 Å². The largest absolute Gasteiger partial charge is 0.481 e. The molecule has 196 valence electrons. The van der Waals surface area contributed by atoms with Gasteiger partial charge >= 0.3 is 5.97 Å². The summed E-state index contributed by atoms with van der Waals surface area (Å²) in [5, 5.41) is 28.0. The Hall–Kier alpha value is -4.53. The average molecular weight is 517 g/mol. The number of aromatic amines is 1. The van der Waals surface area contributed by atoms with Crippen molar-refractivity contribution < 1.29 is 14.7 Å². The molecule has 1 amide bonds. The topological polar surface area (TPSA) is 168 Å². The van der Waals surface area contributed by atoms with Crippen molar-refractivity contribution in [3.05, 3.63) is 46.6 Å². The maximum Gasteiger partial charge on any atom is 0.306 e. The van der Waals surface area contributed by atoms with Crippen molar-refractivity contribution in [1.82, 2.24) is 25.1 Å². The summed E-state index contributed by atoms with van der Waals surface area (Å²) in [4.78, 5) is 49.2. The lowest BCUT2D eigenvalue weighted by Gasteiger charge is -2.32. The van der Waals surface area contributed by atoms with Gasteiger partial charge in [-0.1, -0.05) is 0 Å². The zero-order chi connectivity index (χ0) is 26.6. The number of amides is 1. The van der Waals surface area contributed by atoms with Gasteiger partial charge in [0.25, 0.3) is 5.56 Å². The van der Waals surface area contributed by atoms with Crippen molar-refractivity contribution in [3.8, 4) is 6.07 Å². The Morgan fingerprint density at radius 3 is 2.45 bits per heavy atom. The predicted molar refractivity (Wildman–Crippen MR) is 139 cm³/mol. The van der Waals surface area contributed by atoms with E-state index in [2.05, 4.69) is 25.4 Å². The number of nitrogens with zero attached hydrogens (tertiary/aromatic N) is 6. The summed E-state index contributed by atoms with van der Waals surface area (Å²) in [5.74, 6) is -0.224. The smallest absolute Gasteiger partial charge is 0.306 e. The van der Waals surface area contributed by atoms with Crippen molar-refractivity contribution in [1.29, 1.82) is 5.26 Å². The molecular weight excluding hydrogens is 488 g/mol. The molecule has 12 nitrogen and oxygen atoms in total. The highest BCUT2D eigenvalue weighted by Gasteiger charge is 2.27. The highest BCUT2D eigenvalue weighted by molar-refractivity contribution is 5.89. The van der Waals surface area contributed by atoms with Gasteiger partial charge < -0.3 is 20.2 Å². The highest BCUT2D eigenvalue weighted by atomic mass is 16.4. The highest BCUT2D eigenvalue weighted by Crippen LogP contribution is 2.30. The number of anilines is 3. The maximum absolute atomic E-state index is 12.6. The van der Waals surface area contributed by atoms with Crippen LogP contribution in [0.5, 0.6) is 0 Å². The number of carbonyl (C=O) groups excluding carboxylic acids is 1. The molecule has 0 atom stereocenters. The molecule has 4 heterocycles. The summed E-state index contributed by atoms with van der Waals surface area (Å²) in [7, 11) is 0. The Kier molecular flexibility index (Phi) is 7.17. The number of benzene rings is 1. The van der Waals surface area contributed by atoms with Gasteiger partial charge in [-0.15, -0.1) is 0 Å². The number of hydrogen-bond donors (Lipinski definition) is 3. The van der Waals surface area contributed by atoms with Gasteiger partial charge in [-0.2, -0.15) is 10.4 Å². The second-order valence-electron chi connectivity index (χ2n) is 9.65. The fourth-order valence-electron chi connectivity index (χ4n) is 5.14. The summed E-state index contributed by atoms with van der Waals surface area (Å²) in [5.41, 5.74) is 1.79. The molecule has 2 aromatic heterocycles. The molecule has 0 saturated carbocycles. The summed E-state index contributed by atoms with van der Waals surface area (Å²) in [6.45, 7) is 2.42. The van der Waals surface area contributed by atoms with Crippen LogP contribution < -0.4 is 15.8 Å². The van der Waals surface area contributed by atoms with E-state index in [1.807, 2.05) is 30.3 Å². The average Bonchev–Trinajstić information content (AvgIpc) is 2.93. The van der Waals surface area contributed by atoms with Gasteiger partial charge in [-0.3, -0.25) is 14.4 Å².